The molecular formula is C16H19NO2. The predicted octanol–water partition coefficient (Wildman–Crippen LogP) is 3.20. The van der Waals surface area contributed by atoms with Crippen molar-refractivity contribution in [2.24, 2.45) is 0 Å². The topological polar surface area (TPSA) is 29.5 Å². The van der Waals surface area contributed by atoms with E-state index in [4.69, 9.17) is 11.2 Å². The van der Waals surface area contributed by atoms with Crippen LogP contribution in [-0.4, -0.2) is 22.6 Å². The van der Waals surface area contributed by atoms with Crippen molar-refractivity contribution in [3.05, 3.63) is 35.9 Å². The van der Waals surface area contributed by atoms with Gasteiger partial charge in [0.1, 0.15) is 12.1 Å². The fraction of sp³-hybridized carbons (Fsp3) is 0.438. The van der Waals surface area contributed by atoms with Crippen molar-refractivity contribution in [1.82, 2.24) is 4.90 Å². The number of benzene rings is 1. The van der Waals surface area contributed by atoms with Crippen LogP contribution in [0.3, 0.4) is 0 Å². The van der Waals surface area contributed by atoms with Gasteiger partial charge < -0.3 is 4.74 Å². The van der Waals surface area contributed by atoms with E-state index < -0.39 is 5.54 Å². The predicted molar refractivity (Wildman–Crippen MR) is 74.4 cm³/mol. The Kier molecular flexibility index (Phi) is 3.80. The summed E-state index contributed by atoms with van der Waals surface area (Å²) in [6.07, 6.45) is 7.20. The molecule has 1 fully saturated rings. The summed E-state index contributed by atoms with van der Waals surface area (Å²) < 4.78 is 5.37. The van der Waals surface area contributed by atoms with Gasteiger partial charge in [-0.3, -0.25) is 4.90 Å². The highest BCUT2D eigenvalue weighted by atomic mass is 16.6. The van der Waals surface area contributed by atoms with Gasteiger partial charge in [0.05, 0.1) is 0 Å². The molecule has 0 N–H and O–H groups in total. The summed E-state index contributed by atoms with van der Waals surface area (Å²) in [6, 6.07) is 9.88. The number of rotatable bonds is 4. The van der Waals surface area contributed by atoms with E-state index in [2.05, 4.69) is 5.92 Å². The van der Waals surface area contributed by atoms with Gasteiger partial charge in [0, 0.05) is 6.04 Å². The Balaban J connectivity index is 1.99. The maximum Gasteiger partial charge on any atom is 0.411 e. The average Bonchev–Trinajstić information content (AvgIpc) is 3.22. The molecule has 0 unspecified atom stereocenters. The number of hydrogen-bond donors (Lipinski definition) is 0. The van der Waals surface area contributed by atoms with Crippen LogP contribution in [0.1, 0.15) is 32.3 Å². The SMILES string of the molecule is C#CC(C)(C)N(C(=O)OCc1ccccc1)C1CC1. The summed E-state index contributed by atoms with van der Waals surface area (Å²) in [5.74, 6) is 2.67. The molecule has 1 amide bonds. The van der Waals surface area contributed by atoms with Gasteiger partial charge in [0.25, 0.3) is 0 Å². The van der Waals surface area contributed by atoms with Crippen molar-refractivity contribution in [3.63, 3.8) is 0 Å². The second kappa shape index (κ2) is 5.36. The number of carbonyl (C=O) groups excluding carboxylic acids is 1. The maximum absolute atomic E-state index is 12.2. The van der Waals surface area contributed by atoms with Gasteiger partial charge in [0.2, 0.25) is 0 Å². The second-order valence-corrected chi connectivity index (χ2v) is 5.34. The molecule has 19 heavy (non-hydrogen) atoms. The molecule has 0 saturated heterocycles. The van der Waals surface area contributed by atoms with Crippen LogP contribution in [0.5, 0.6) is 0 Å². The van der Waals surface area contributed by atoms with Crippen LogP contribution in [0.4, 0.5) is 4.79 Å². The van der Waals surface area contributed by atoms with Gasteiger partial charge in [-0.25, -0.2) is 4.79 Å². The first-order valence-corrected chi connectivity index (χ1v) is 6.52. The Bertz CT molecular complexity index is 483. The number of nitrogens with zero attached hydrogens (tertiary/aromatic N) is 1. The molecule has 100 valence electrons. The van der Waals surface area contributed by atoms with Gasteiger partial charge in [0.15, 0.2) is 0 Å². The smallest absolute Gasteiger partial charge is 0.411 e. The number of hydrogen-bond acceptors (Lipinski definition) is 2. The normalized spacial score (nSPS) is 14.6. The molecular weight excluding hydrogens is 238 g/mol. The van der Waals surface area contributed by atoms with E-state index in [0.29, 0.717) is 0 Å². The summed E-state index contributed by atoms with van der Waals surface area (Å²) in [5.41, 5.74) is 0.375. The molecule has 1 aromatic rings. The van der Waals surface area contributed by atoms with Gasteiger partial charge in [-0.2, -0.15) is 0 Å². The van der Waals surface area contributed by atoms with Gasteiger partial charge >= 0.3 is 6.09 Å². The van der Waals surface area contributed by atoms with E-state index >= 15 is 0 Å². The Morgan fingerprint density at radius 2 is 2.05 bits per heavy atom. The summed E-state index contributed by atoms with van der Waals surface area (Å²) in [4.78, 5) is 13.9. The molecule has 0 spiro atoms. The molecule has 0 aromatic heterocycles. The molecule has 0 heterocycles. The lowest BCUT2D eigenvalue weighted by Gasteiger charge is -2.33. The van der Waals surface area contributed by atoms with Crippen molar-refractivity contribution in [3.8, 4) is 12.3 Å². The van der Waals surface area contributed by atoms with Gasteiger partial charge in [-0.1, -0.05) is 36.3 Å². The zero-order valence-electron chi connectivity index (χ0n) is 11.4. The van der Waals surface area contributed by atoms with Crippen LogP contribution in [0.15, 0.2) is 30.3 Å². The van der Waals surface area contributed by atoms with E-state index in [1.807, 2.05) is 44.2 Å². The van der Waals surface area contributed by atoms with Crippen molar-refractivity contribution < 1.29 is 9.53 Å². The lowest BCUT2D eigenvalue weighted by Crippen LogP contribution is -2.48. The first kappa shape index (κ1) is 13.5. The third-order valence-corrected chi connectivity index (χ3v) is 3.27. The summed E-state index contributed by atoms with van der Waals surface area (Å²) >= 11 is 0. The molecule has 1 aromatic carbocycles. The molecule has 1 aliphatic rings. The van der Waals surface area contributed by atoms with Crippen LogP contribution in [0.2, 0.25) is 0 Å². The average molecular weight is 257 g/mol. The Morgan fingerprint density at radius 1 is 1.42 bits per heavy atom. The number of ether oxygens (including phenoxy) is 1. The zero-order chi connectivity index (χ0) is 13.9. The van der Waals surface area contributed by atoms with Crippen LogP contribution >= 0.6 is 0 Å². The largest absolute Gasteiger partial charge is 0.445 e. The Labute approximate surface area is 114 Å². The number of terminal acetylenes is 1. The minimum Gasteiger partial charge on any atom is -0.445 e. The van der Waals surface area contributed by atoms with Gasteiger partial charge in [-0.05, 0) is 32.3 Å². The molecule has 1 saturated carbocycles. The monoisotopic (exact) mass is 257 g/mol. The van der Waals surface area contributed by atoms with Crippen molar-refractivity contribution in [2.45, 2.75) is 44.9 Å². The standard InChI is InChI=1S/C16H19NO2/c1-4-16(2,3)17(14-10-11-14)15(18)19-12-13-8-6-5-7-9-13/h1,5-9,14H,10-12H2,2-3H3. The first-order chi connectivity index (χ1) is 9.04. The highest BCUT2D eigenvalue weighted by Crippen LogP contribution is 2.33. The van der Waals surface area contributed by atoms with Crippen molar-refractivity contribution in [1.29, 1.82) is 0 Å². The molecule has 3 heteroatoms. The third-order valence-electron chi connectivity index (χ3n) is 3.27. The molecule has 3 nitrogen and oxygen atoms in total. The number of amides is 1. The minimum absolute atomic E-state index is 0.231. The van der Waals surface area contributed by atoms with Crippen LogP contribution in [0.25, 0.3) is 0 Å². The van der Waals surface area contributed by atoms with Crippen molar-refractivity contribution >= 4 is 6.09 Å². The quantitative estimate of drug-likeness (QED) is 0.775. The van der Waals surface area contributed by atoms with Gasteiger partial charge in [-0.15, -0.1) is 6.42 Å². The summed E-state index contributed by atoms with van der Waals surface area (Å²) in [6.45, 7) is 4.02. The molecule has 1 aliphatic carbocycles. The van der Waals surface area contributed by atoms with Crippen LogP contribution in [0, 0.1) is 12.3 Å². The Morgan fingerprint density at radius 3 is 2.58 bits per heavy atom. The van der Waals surface area contributed by atoms with E-state index in [0.717, 1.165) is 18.4 Å². The lowest BCUT2D eigenvalue weighted by molar-refractivity contribution is 0.0692. The van der Waals surface area contributed by atoms with Crippen LogP contribution < -0.4 is 0 Å². The molecule has 0 aliphatic heterocycles. The van der Waals surface area contributed by atoms with E-state index in [9.17, 15) is 4.79 Å². The summed E-state index contributed by atoms with van der Waals surface area (Å²) in [7, 11) is 0. The fourth-order valence-electron chi connectivity index (χ4n) is 2.02. The van der Waals surface area contributed by atoms with Crippen LogP contribution in [-0.2, 0) is 11.3 Å². The molecule has 0 bridgehead atoms. The fourth-order valence-corrected chi connectivity index (χ4v) is 2.02. The van der Waals surface area contributed by atoms with E-state index in [-0.39, 0.29) is 18.7 Å². The molecule has 2 rings (SSSR count). The summed E-state index contributed by atoms with van der Waals surface area (Å²) in [5, 5.41) is 0. The lowest BCUT2D eigenvalue weighted by atomic mass is 10.0. The Hall–Kier alpha value is -1.95. The van der Waals surface area contributed by atoms with E-state index in [1.165, 1.54) is 0 Å². The first-order valence-electron chi connectivity index (χ1n) is 6.52. The number of carbonyl (C=O) groups is 1. The zero-order valence-corrected chi connectivity index (χ0v) is 11.4. The minimum atomic E-state index is -0.602. The highest BCUT2D eigenvalue weighted by Gasteiger charge is 2.41. The highest BCUT2D eigenvalue weighted by molar-refractivity contribution is 5.70. The third kappa shape index (κ3) is 3.29. The second-order valence-electron chi connectivity index (χ2n) is 5.34. The van der Waals surface area contributed by atoms with E-state index in [1.54, 1.807) is 4.90 Å². The molecule has 0 atom stereocenters. The van der Waals surface area contributed by atoms with Crippen molar-refractivity contribution in [2.75, 3.05) is 0 Å². The molecule has 0 radical (unpaired) electrons. The maximum atomic E-state index is 12.2.